The van der Waals surface area contributed by atoms with Crippen molar-refractivity contribution < 1.29 is 31.9 Å². The second kappa shape index (κ2) is 9.69. The summed E-state index contributed by atoms with van der Waals surface area (Å²) in [7, 11) is 0. The van der Waals surface area contributed by atoms with Crippen molar-refractivity contribution in [2.45, 2.75) is 32.1 Å². The molecule has 1 saturated heterocycles. The molecular formula is C28H18F4N4O3. The molecule has 0 aromatic heterocycles. The zero-order valence-electron chi connectivity index (χ0n) is 20.5. The first-order chi connectivity index (χ1) is 18.3. The Bertz CT molecular complexity index is 1600. The molecule has 0 spiro atoms. The zero-order chi connectivity index (χ0) is 28.7. The Hall–Kier alpha value is -5.03. The van der Waals surface area contributed by atoms with Crippen LogP contribution in [0, 0.1) is 28.5 Å². The van der Waals surface area contributed by atoms with Crippen molar-refractivity contribution in [1.29, 1.82) is 10.5 Å². The lowest BCUT2D eigenvalue weighted by Gasteiger charge is -2.28. The summed E-state index contributed by atoms with van der Waals surface area (Å²) < 4.78 is 54.7. The average Bonchev–Trinajstić information content (AvgIpc) is 3.07. The lowest BCUT2D eigenvalue weighted by atomic mass is 9.96. The van der Waals surface area contributed by atoms with E-state index in [2.05, 4.69) is 0 Å². The van der Waals surface area contributed by atoms with E-state index >= 15 is 0 Å². The van der Waals surface area contributed by atoms with Gasteiger partial charge < -0.3 is 4.90 Å². The molecule has 7 nitrogen and oxygen atoms in total. The van der Waals surface area contributed by atoms with Crippen molar-refractivity contribution in [2.75, 3.05) is 4.90 Å². The van der Waals surface area contributed by atoms with Crippen molar-refractivity contribution in [3.63, 3.8) is 0 Å². The molecule has 0 aliphatic carbocycles. The van der Waals surface area contributed by atoms with E-state index in [1.165, 1.54) is 50.2 Å². The fourth-order valence-corrected chi connectivity index (χ4v) is 4.25. The van der Waals surface area contributed by atoms with Crippen LogP contribution in [0.1, 0.15) is 52.0 Å². The minimum Gasteiger partial charge on any atom is -0.305 e. The smallest absolute Gasteiger partial charge is 0.305 e. The third-order valence-electron chi connectivity index (χ3n) is 6.43. The van der Waals surface area contributed by atoms with Gasteiger partial charge in [-0.3, -0.25) is 9.59 Å². The number of urea groups is 1. The fraction of sp³-hybridized carbons (Fsp3) is 0.179. The van der Waals surface area contributed by atoms with E-state index in [0.29, 0.717) is 16.5 Å². The molecule has 0 unspecified atom stereocenters. The molecule has 11 heteroatoms. The highest BCUT2D eigenvalue weighted by molar-refractivity contribution is 6.23. The Morgan fingerprint density at radius 2 is 1.62 bits per heavy atom. The largest absolute Gasteiger partial charge is 0.417 e. The maximum absolute atomic E-state index is 14.2. The number of ketones is 1. The first-order valence-corrected chi connectivity index (χ1v) is 11.4. The topological polar surface area (TPSA) is 105 Å². The molecule has 0 radical (unpaired) electrons. The van der Waals surface area contributed by atoms with E-state index in [1.807, 2.05) is 6.07 Å². The van der Waals surface area contributed by atoms with Gasteiger partial charge in [0.2, 0.25) is 0 Å². The highest BCUT2D eigenvalue weighted by Crippen LogP contribution is 2.38. The zero-order valence-corrected chi connectivity index (χ0v) is 20.5. The van der Waals surface area contributed by atoms with E-state index in [-0.39, 0.29) is 28.9 Å². The number of rotatable bonds is 5. The normalized spacial score (nSPS) is 14.8. The Morgan fingerprint density at radius 1 is 0.949 bits per heavy atom. The quantitative estimate of drug-likeness (QED) is 0.242. The molecule has 0 bridgehead atoms. The van der Waals surface area contributed by atoms with Gasteiger partial charge in [0, 0.05) is 17.7 Å². The van der Waals surface area contributed by atoms with Gasteiger partial charge in [0.25, 0.3) is 5.91 Å². The van der Waals surface area contributed by atoms with Gasteiger partial charge in [0.1, 0.15) is 11.4 Å². The summed E-state index contributed by atoms with van der Waals surface area (Å²) >= 11 is 0. The molecule has 3 amide bonds. The highest BCUT2D eigenvalue weighted by Gasteiger charge is 2.52. The lowest BCUT2D eigenvalue weighted by Crippen LogP contribution is -2.43. The monoisotopic (exact) mass is 534 g/mol. The first-order valence-electron chi connectivity index (χ1n) is 11.4. The number of hydrogen-bond donors (Lipinski definition) is 0. The first kappa shape index (κ1) is 27.0. The van der Waals surface area contributed by atoms with Gasteiger partial charge in [-0.05, 0) is 74.0 Å². The third kappa shape index (κ3) is 4.82. The lowest BCUT2D eigenvalue weighted by molar-refractivity contribution is -0.137. The highest BCUT2D eigenvalue weighted by atomic mass is 19.4. The Labute approximate surface area is 220 Å². The van der Waals surface area contributed by atoms with E-state index in [0.717, 1.165) is 29.2 Å². The summed E-state index contributed by atoms with van der Waals surface area (Å²) in [5, 5.41) is 18.0. The molecule has 3 aromatic carbocycles. The second-order valence-electron chi connectivity index (χ2n) is 9.23. The summed E-state index contributed by atoms with van der Waals surface area (Å²) in [6.45, 7) is 2.45. The van der Waals surface area contributed by atoms with Crippen LogP contribution in [0.4, 0.5) is 28.0 Å². The van der Waals surface area contributed by atoms with Crippen LogP contribution in [0.2, 0.25) is 0 Å². The number of carbonyl (C=O) groups is 3. The van der Waals surface area contributed by atoms with Gasteiger partial charge >= 0.3 is 12.2 Å². The number of alkyl halides is 3. The number of benzene rings is 3. The number of hydrogen-bond acceptors (Lipinski definition) is 5. The van der Waals surface area contributed by atoms with Crippen LogP contribution in [0.25, 0.3) is 0 Å². The number of imide groups is 1. The molecule has 1 heterocycles. The van der Waals surface area contributed by atoms with Crippen LogP contribution in [-0.4, -0.2) is 28.2 Å². The number of amides is 3. The summed E-state index contributed by atoms with van der Waals surface area (Å²) in [5.41, 5.74) is -3.32. The predicted octanol–water partition coefficient (Wildman–Crippen LogP) is 5.57. The SMILES string of the molecule is CC1(C)C(=O)N(c2ccc(C#N)c(C(F)(F)F)c2)C(=O)N1Cc1ccc(F)cc1C(=O)c1ccc(C#N)cc1. The van der Waals surface area contributed by atoms with Crippen LogP contribution >= 0.6 is 0 Å². The van der Waals surface area contributed by atoms with E-state index in [9.17, 15) is 31.9 Å². The minimum atomic E-state index is -4.91. The Balaban J connectivity index is 1.73. The molecule has 4 rings (SSSR count). The summed E-state index contributed by atoms with van der Waals surface area (Å²) in [5.74, 6) is -2.14. The molecule has 0 saturated carbocycles. The Kier molecular flexibility index (Phi) is 6.71. The van der Waals surface area contributed by atoms with Crippen molar-refractivity contribution in [3.05, 3.63) is 99.9 Å². The molecule has 0 atom stereocenters. The Morgan fingerprint density at radius 3 is 2.21 bits per heavy atom. The van der Waals surface area contributed by atoms with E-state index < -0.39 is 46.4 Å². The maximum atomic E-state index is 14.2. The molecular weight excluding hydrogens is 516 g/mol. The van der Waals surface area contributed by atoms with Gasteiger partial charge in [0.15, 0.2) is 5.78 Å². The molecule has 0 N–H and O–H groups in total. The molecule has 1 aliphatic rings. The fourth-order valence-electron chi connectivity index (χ4n) is 4.25. The summed E-state index contributed by atoms with van der Waals surface area (Å²) in [6, 6.07) is 13.9. The van der Waals surface area contributed by atoms with Crippen molar-refractivity contribution in [1.82, 2.24) is 4.90 Å². The minimum absolute atomic E-state index is 0.0908. The van der Waals surface area contributed by atoms with E-state index in [4.69, 9.17) is 10.5 Å². The average molecular weight is 534 g/mol. The van der Waals surface area contributed by atoms with Crippen LogP contribution in [0.5, 0.6) is 0 Å². The summed E-state index contributed by atoms with van der Waals surface area (Å²) in [6.07, 6.45) is -4.91. The number of halogens is 4. The van der Waals surface area contributed by atoms with Gasteiger partial charge in [0.05, 0.1) is 34.5 Å². The maximum Gasteiger partial charge on any atom is 0.417 e. The molecule has 3 aromatic rings. The molecule has 196 valence electrons. The second-order valence-corrected chi connectivity index (χ2v) is 9.23. The molecule has 1 fully saturated rings. The van der Waals surface area contributed by atoms with Gasteiger partial charge in [-0.2, -0.15) is 23.7 Å². The number of carbonyl (C=O) groups excluding carboxylic acids is 3. The van der Waals surface area contributed by atoms with Gasteiger partial charge in [-0.25, -0.2) is 14.1 Å². The summed E-state index contributed by atoms with van der Waals surface area (Å²) in [4.78, 5) is 41.6. The van der Waals surface area contributed by atoms with Gasteiger partial charge in [-0.1, -0.05) is 6.07 Å². The van der Waals surface area contributed by atoms with Crippen LogP contribution in [0.3, 0.4) is 0 Å². The van der Waals surface area contributed by atoms with Gasteiger partial charge in [-0.15, -0.1) is 0 Å². The van der Waals surface area contributed by atoms with Crippen molar-refractivity contribution in [3.8, 4) is 12.1 Å². The van der Waals surface area contributed by atoms with Crippen LogP contribution in [0.15, 0.2) is 60.7 Å². The standard InChI is InChI=1S/C28H18F4N4O3/c1-27(2)25(38)36(21-10-8-18(14-34)23(12-21)28(30,31)32)26(39)35(27)15-19-7-9-20(29)11-22(19)24(37)17-5-3-16(13-33)4-6-17/h3-12H,15H2,1-2H3. The predicted molar refractivity (Wildman–Crippen MR) is 130 cm³/mol. The van der Waals surface area contributed by atoms with Crippen LogP contribution in [-0.2, 0) is 17.5 Å². The number of anilines is 1. The van der Waals surface area contributed by atoms with E-state index in [1.54, 1.807) is 0 Å². The number of nitriles is 2. The molecule has 1 aliphatic heterocycles. The van der Waals surface area contributed by atoms with Crippen molar-refractivity contribution in [2.24, 2.45) is 0 Å². The van der Waals surface area contributed by atoms with Crippen molar-refractivity contribution >= 4 is 23.4 Å². The third-order valence-corrected chi connectivity index (χ3v) is 6.43. The molecule has 39 heavy (non-hydrogen) atoms. The number of nitrogens with zero attached hydrogens (tertiary/aromatic N) is 4. The van der Waals surface area contributed by atoms with Crippen LogP contribution < -0.4 is 4.90 Å².